The van der Waals surface area contributed by atoms with Crippen molar-refractivity contribution in [1.29, 1.82) is 0 Å². The van der Waals surface area contributed by atoms with Crippen LogP contribution in [0, 0.1) is 0 Å². The van der Waals surface area contributed by atoms with Crippen molar-refractivity contribution in [1.82, 2.24) is 10.2 Å². The average molecular weight is 485 g/mol. The molecule has 0 N–H and O–H groups in total. The SMILES string of the molecule is CCCCCCCCCCOc1ccc(-c2nnc(-c3ccc(OCc4ccccc4)cc3)o2)cc1. The molecule has 1 heterocycles. The Kier molecular flexibility index (Phi) is 9.97. The molecule has 36 heavy (non-hydrogen) atoms. The van der Waals surface area contributed by atoms with Gasteiger partial charge in [-0.3, -0.25) is 0 Å². The summed E-state index contributed by atoms with van der Waals surface area (Å²) in [7, 11) is 0. The Morgan fingerprint density at radius 1 is 0.583 bits per heavy atom. The van der Waals surface area contributed by atoms with E-state index in [0.29, 0.717) is 18.4 Å². The van der Waals surface area contributed by atoms with Crippen LogP contribution in [0.3, 0.4) is 0 Å². The van der Waals surface area contributed by atoms with Crippen LogP contribution in [0.25, 0.3) is 22.9 Å². The summed E-state index contributed by atoms with van der Waals surface area (Å²) in [6.07, 6.45) is 10.4. The molecule has 0 amide bonds. The van der Waals surface area contributed by atoms with E-state index in [-0.39, 0.29) is 0 Å². The van der Waals surface area contributed by atoms with E-state index in [1.807, 2.05) is 78.9 Å². The lowest BCUT2D eigenvalue weighted by Crippen LogP contribution is -1.97. The standard InChI is InChI=1S/C31H36N2O3/c1-2-3-4-5-6-7-8-12-23-34-28-19-15-26(16-20-28)30-32-33-31(36-30)27-17-21-29(22-18-27)35-24-25-13-10-9-11-14-25/h9-11,13-22H,2-8,12,23-24H2,1H3. The van der Waals surface area contributed by atoms with Crippen molar-refractivity contribution >= 4 is 0 Å². The lowest BCUT2D eigenvalue weighted by molar-refractivity contribution is 0.304. The molecule has 5 heteroatoms. The van der Waals surface area contributed by atoms with E-state index in [1.165, 1.54) is 44.9 Å². The van der Waals surface area contributed by atoms with E-state index < -0.39 is 0 Å². The molecule has 0 bridgehead atoms. The number of unbranched alkanes of at least 4 members (excludes halogenated alkanes) is 7. The molecule has 4 aromatic rings. The van der Waals surface area contributed by atoms with E-state index in [9.17, 15) is 0 Å². The highest BCUT2D eigenvalue weighted by Gasteiger charge is 2.11. The van der Waals surface area contributed by atoms with Crippen molar-refractivity contribution in [3.8, 4) is 34.4 Å². The zero-order valence-electron chi connectivity index (χ0n) is 21.2. The molecule has 0 unspecified atom stereocenters. The van der Waals surface area contributed by atoms with Crippen LogP contribution >= 0.6 is 0 Å². The maximum atomic E-state index is 5.92. The molecule has 0 aliphatic rings. The third kappa shape index (κ3) is 7.98. The van der Waals surface area contributed by atoms with Gasteiger partial charge in [0.25, 0.3) is 0 Å². The molecule has 0 aliphatic heterocycles. The van der Waals surface area contributed by atoms with Crippen LogP contribution in [0.15, 0.2) is 83.3 Å². The summed E-state index contributed by atoms with van der Waals surface area (Å²) in [4.78, 5) is 0. The van der Waals surface area contributed by atoms with Crippen molar-refractivity contribution in [2.45, 2.75) is 64.9 Å². The smallest absolute Gasteiger partial charge is 0.248 e. The number of ether oxygens (including phenoxy) is 2. The molecular weight excluding hydrogens is 448 g/mol. The maximum Gasteiger partial charge on any atom is 0.248 e. The monoisotopic (exact) mass is 484 g/mol. The molecule has 4 rings (SSSR count). The zero-order valence-corrected chi connectivity index (χ0v) is 21.2. The van der Waals surface area contributed by atoms with E-state index in [1.54, 1.807) is 0 Å². The highest BCUT2D eigenvalue weighted by Crippen LogP contribution is 2.27. The molecule has 0 radical (unpaired) electrons. The Morgan fingerprint density at radius 2 is 1.11 bits per heavy atom. The molecule has 1 aromatic heterocycles. The van der Waals surface area contributed by atoms with Gasteiger partial charge >= 0.3 is 0 Å². The Labute approximate surface area is 214 Å². The van der Waals surface area contributed by atoms with Crippen LogP contribution in [-0.4, -0.2) is 16.8 Å². The molecule has 0 saturated carbocycles. The number of hydrogen-bond donors (Lipinski definition) is 0. The van der Waals surface area contributed by atoms with Gasteiger partial charge in [0.1, 0.15) is 18.1 Å². The number of nitrogens with zero attached hydrogens (tertiary/aromatic N) is 2. The predicted molar refractivity (Wildman–Crippen MR) is 144 cm³/mol. The van der Waals surface area contributed by atoms with Gasteiger partial charge in [-0.25, -0.2) is 0 Å². The van der Waals surface area contributed by atoms with Crippen molar-refractivity contribution in [3.63, 3.8) is 0 Å². The van der Waals surface area contributed by atoms with Crippen molar-refractivity contribution in [2.24, 2.45) is 0 Å². The first-order chi connectivity index (χ1) is 17.8. The minimum absolute atomic E-state index is 0.481. The van der Waals surface area contributed by atoms with Gasteiger partial charge in [-0.05, 0) is 60.5 Å². The molecule has 5 nitrogen and oxygen atoms in total. The minimum atomic E-state index is 0.481. The predicted octanol–water partition coefficient (Wildman–Crippen LogP) is 8.50. The third-order valence-electron chi connectivity index (χ3n) is 6.14. The largest absolute Gasteiger partial charge is 0.494 e. The van der Waals surface area contributed by atoms with Gasteiger partial charge in [0.05, 0.1) is 6.61 Å². The molecule has 188 valence electrons. The molecular formula is C31H36N2O3. The van der Waals surface area contributed by atoms with Crippen LogP contribution < -0.4 is 9.47 Å². The molecule has 0 atom stereocenters. The summed E-state index contributed by atoms with van der Waals surface area (Å²) in [5.74, 6) is 2.64. The second kappa shape index (κ2) is 14.1. The van der Waals surface area contributed by atoms with Gasteiger partial charge in [0.15, 0.2) is 0 Å². The molecule has 0 saturated heterocycles. The summed E-state index contributed by atoms with van der Waals surface area (Å²) in [5, 5.41) is 8.45. The fourth-order valence-corrected chi connectivity index (χ4v) is 4.01. The quantitative estimate of drug-likeness (QED) is 0.158. The molecule has 3 aromatic carbocycles. The number of aromatic nitrogens is 2. The number of hydrogen-bond acceptors (Lipinski definition) is 5. The van der Waals surface area contributed by atoms with Crippen molar-refractivity contribution in [3.05, 3.63) is 84.4 Å². The summed E-state index contributed by atoms with van der Waals surface area (Å²) < 4.78 is 17.7. The van der Waals surface area contributed by atoms with E-state index in [0.717, 1.165) is 41.2 Å². The Bertz CT molecular complexity index is 1140. The summed E-state index contributed by atoms with van der Waals surface area (Å²) in [6, 6.07) is 25.6. The average Bonchev–Trinajstić information content (AvgIpc) is 3.43. The fraction of sp³-hybridized carbons (Fsp3) is 0.355. The minimum Gasteiger partial charge on any atom is -0.494 e. The topological polar surface area (TPSA) is 57.4 Å². The second-order valence-corrected chi connectivity index (χ2v) is 9.06. The van der Waals surface area contributed by atoms with Gasteiger partial charge < -0.3 is 13.9 Å². The first-order valence-corrected chi connectivity index (χ1v) is 13.2. The van der Waals surface area contributed by atoms with Gasteiger partial charge in [0.2, 0.25) is 11.8 Å². The highest BCUT2D eigenvalue weighted by molar-refractivity contribution is 5.59. The van der Waals surface area contributed by atoms with Gasteiger partial charge in [-0.15, -0.1) is 10.2 Å². The third-order valence-corrected chi connectivity index (χ3v) is 6.14. The Balaban J connectivity index is 1.21. The van der Waals surface area contributed by atoms with Gasteiger partial charge in [-0.2, -0.15) is 0 Å². The van der Waals surface area contributed by atoms with Crippen molar-refractivity contribution in [2.75, 3.05) is 6.61 Å². The van der Waals surface area contributed by atoms with Crippen LogP contribution in [-0.2, 0) is 6.61 Å². The summed E-state index contributed by atoms with van der Waals surface area (Å²) in [5.41, 5.74) is 2.86. The lowest BCUT2D eigenvalue weighted by atomic mass is 10.1. The normalized spacial score (nSPS) is 10.9. The van der Waals surface area contributed by atoms with E-state index >= 15 is 0 Å². The van der Waals surface area contributed by atoms with Crippen LogP contribution in [0.2, 0.25) is 0 Å². The first kappa shape index (κ1) is 25.5. The van der Waals surface area contributed by atoms with Crippen LogP contribution in [0.1, 0.15) is 63.9 Å². The Morgan fingerprint density at radius 3 is 1.69 bits per heavy atom. The van der Waals surface area contributed by atoms with Crippen LogP contribution in [0.5, 0.6) is 11.5 Å². The zero-order chi connectivity index (χ0) is 24.8. The molecule has 0 fully saturated rings. The summed E-state index contributed by atoms with van der Waals surface area (Å²) in [6.45, 7) is 3.54. The van der Waals surface area contributed by atoms with Gasteiger partial charge in [-0.1, -0.05) is 82.2 Å². The van der Waals surface area contributed by atoms with E-state index in [2.05, 4.69) is 17.1 Å². The second-order valence-electron chi connectivity index (χ2n) is 9.06. The highest BCUT2D eigenvalue weighted by atomic mass is 16.5. The Hall–Kier alpha value is -3.60. The lowest BCUT2D eigenvalue weighted by Gasteiger charge is -2.07. The summed E-state index contributed by atoms with van der Waals surface area (Å²) >= 11 is 0. The van der Waals surface area contributed by atoms with Crippen molar-refractivity contribution < 1.29 is 13.9 Å². The van der Waals surface area contributed by atoms with Gasteiger partial charge in [0, 0.05) is 11.1 Å². The van der Waals surface area contributed by atoms with Crippen LogP contribution in [0.4, 0.5) is 0 Å². The van der Waals surface area contributed by atoms with E-state index in [4.69, 9.17) is 13.9 Å². The fourth-order valence-electron chi connectivity index (χ4n) is 4.01. The number of rotatable bonds is 15. The first-order valence-electron chi connectivity index (χ1n) is 13.2. The molecule has 0 aliphatic carbocycles. The molecule has 0 spiro atoms. The number of benzene rings is 3. The maximum absolute atomic E-state index is 5.92.